The molecule has 0 spiro atoms. The maximum atomic E-state index is 12.5. The lowest BCUT2D eigenvalue weighted by Gasteiger charge is -2.15. The number of nitrogens with zero attached hydrogens (tertiary/aromatic N) is 1. The molecule has 0 aliphatic carbocycles. The van der Waals surface area contributed by atoms with E-state index in [4.69, 9.17) is 0 Å². The van der Waals surface area contributed by atoms with Crippen molar-refractivity contribution < 1.29 is 27.9 Å². The van der Waals surface area contributed by atoms with Gasteiger partial charge in [-0.2, -0.15) is 13.2 Å². The average Bonchev–Trinajstić information content (AvgIpc) is 3.05. The summed E-state index contributed by atoms with van der Waals surface area (Å²) >= 11 is 0. The van der Waals surface area contributed by atoms with E-state index in [9.17, 15) is 27.9 Å². The third-order valence-corrected chi connectivity index (χ3v) is 4.75. The normalized spacial score (nSPS) is 14.3. The van der Waals surface area contributed by atoms with Crippen molar-refractivity contribution in [3.05, 3.63) is 59.2 Å². The number of likely N-dealkylation sites (N-methyl/N-ethyl adjacent to an activating group) is 1. The highest BCUT2D eigenvalue weighted by atomic mass is 19.4. The van der Waals surface area contributed by atoms with Crippen LogP contribution >= 0.6 is 0 Å². The second-order valence-electron chi connectivity index (χ2n) is 6.81. The molecule has 0 fully saturated rings. The smallest absolute Gasteiger partial charge is 0.387 e. The number of hydrogen-bond donors (Lipinski definition) is 3. The number of carbonyl (C=O) groups is 2. The van der Waals surface area contributed by atoms with Crippen LogP contribution in [-0.4, -0.2) is 37.1 Å². The van der Waals surface area contributed by atoms with Crippen molar-refractivity contribution in [3.63, 3.8) is 0 Å². The average molecular weight is 407 g/mol. The number of fused-ring (bicyclic) bond motifs is 1. The van der Waals surface area contributed by atoms with Crippen molar-refractivity contribution >= 4 is 23.2 Å². The fourth-order valence-corrected chi connectivity index (χ4v) is 3.11. The molecule has 2 amide bonds. The number of rotatable bonds is 4. The van der Waals surface area contributed by atoms with Crippen LogP contribution < -0.4 is 15.5 Å². The summed E-state index contributed by atoms with van der Waals surface area (Å²) in [7, 11) is 1.98. The number of aliphatic hydroxyl groups is 1. The van der Waals surface area contributed by atoms with Gasteiger partial charge in [0.2, 0.25) is 0 Å². The number of carbonyl (C=O) groups excluding carboxylic acids is 2. The molecule has 0 saturated heterocycles. The summed E-state index contributed by atoms with van der Waals surface area (Å²) in [4.78, 5) is 25.9. The Balaban J connectivity index is 1.53. The summed E-state index contributed by atoms with van der Waals surface area (Å²) in [6.45, 7) is 0.726. The molecule has 0 radical (unpaired) electrons. The van der Waals surface area contributed by atoms with Gasteiger partial charge in [-0.3, -0.25) is 9.59 Å². The fourth-order valence-electron chi connectivity index (χ4n) is 3.11. The maximum Gasteiger partial charge on any atom is 0.416 e. The van der Waals surface area contributed by atoms with E-state index in [0.29, 0.717) is 5.56 Å². The van der Waals surface area contributed by atoms with Crippen molar-refractivity contribution in [2.24, 2.45) is 0 Å². The number of amides is 2. The third-order valence-electron chi connectivity index (χ3n) is 4.75. The first-order valence-corrected chi connectivity index (χ1v) is 8.93. The molecule has 0 aromatic heterocycles. The Morgan fingerprint density at radius 2 is 1.83 bits per heavy atom. The van der Waals surface area contributed by atoms with Gasteiger partial charge in [0, 0.05) is 31.5 Å². The Morgan fingerprint density at radius 3 is 2.48 bits per heavy atom. The van der Waals surface area contributed by atoms with Crippen LogP contribution in [-0.2, 0) is 22.2 Å². The number of nitrogens with one attached hydrogen (secondary N) is 2. The minimum Gasteiger partial charge on any atom is -0.387 e. The molecule has 2 aromatic carbocycles. The van der Waals surface area contributed by atoms with Crippen molar-refractivity contribution in [3.8, 4) is 0 Å². The zero-order chi connectivity index (χ0) is 21.2. The van der Waals surface area contributed by atoms with Gasteiger partial charge in [0.15, 0.2) is 0 Å². The number of aliphatic hydroxyl groups excluding tert-OH is 1. The molecule has 1 aliphatic rings. The molecule has 1 aliphatic heterocycles. The van der Waals surface area contributed by atoms with Crippen LogP contribution in [0.5, 0.6) is 0 Å². The van der Waals surface area contributed by atoms with E-state index in [1.165, 1.54) is 0 Å². The minimum absolute atomic E-state index is 0.0569. The molecule has 1 unspecified atom stereocenters. The lowest BCUT2D eigenvalue weighted by molar-refractivity contribution is -0.137. The molecular weight excluding hydrogens is 387 g/mol. The number of halogens is 3. The van der Waals surface area contributed by atoms with E-state index in [1.807, 2.05) is 19.2 Å². The van der Waals surface area contributed by atoms with Crippen molar-refractivity contribution in [2.75, 3.05) is 30.4 Å². The summed E-state index contributed by atoms with van der Waals surface area (Å²) < 4.78 is 37.6. The first kappa shape index (κ1) is 20.7. The zero-order valence-corrected chi connectivity index (χ0v) is 15.6. The van der Waals surface area contributed by atoms with Gasteiger partial charge < -0.3 is 20.6 Å². The fraction of sp³-hybridized carbons (Fsp3) is 0.300. The van der Waals surface area contributed by atoms with E-state index in [1.54, 1.807) is 6.07 Å². The molecule has 154 valence electrons. The van der Waals surface area contributed by atoms with Gasteiger partial charge in [-0.1, -0.05) is 12.1 Å². The van der Waals surface area contributed by atoms with Gasteiger partial charge in [0.1, 0.15) is 0 Å². The van der Waals surface area contributed by atoms with Crippen molar-refractivity contribution in [1.82, 2.24) is 5.32 Å². The third kappa shape index (κ3) is 4.86. The van der Waals surface area contributed by atoms with Crippen molar-refractivity contribution in [2.45, 2.75) is 18.7 Å². The van der Waals surface area contributed by atoms with E-state index in [0.717, 1.165) is 48.5 Å². The lowest BCUT2D eigenvalue weighted by atomic mass is 10.0. The van der Waals surface area contributed by atoms with Crippen LogP contribution in [0.25, 0.3) is 0 Å². The highest BCUT2D eigenvalue weighted by molar-refractivity contribution is 6.39. The van der Waals surface area contributed by atoms with Crippen LogP contribution in [0, 0.1) is 0 Å². The highest BCUT2D eigenvalue weighted by Crippen LogP contribution is 2.30. The summed E-state index contributed by atoms with van der Waals surface area (Å²) in [5.41, 5.74) is 2.03. The van der Waals surface area contributed by atoms with E-state index < -0.39 is 29.7 Å². The van der Waals surface area contributed by atoms with Gasteiger partial charge >= 0.3 is 18.0 Å². The molecule has 3 rings (SSSR count). The number of benzene rings is 2. The summed E-state index contributed by atoms with van der Waals surface area (Å²) in [6.07, 6.45) is -4.61. The van der Waals surface area contributed by atoms with Gasteiger partial charge in [-0.25, -0.2) is 0 Å². The van der Waals surface area contributed by atoms with Gasteiger partial charge in [0.25, 0.3) is 0 Å². The minimum atomic E-state index is -4.48. The standard InChI is InChI=1S/C20H20F3N3O3/c1-26-9-8-12-10-13(2-7-16(12)26)17(27)11-24-18(28)19(29)25-15-5-3-14(4-6-15)20(21,22)23/h2-7,10,17,27H,8-9,11H2,1H3,(H,24,28)(H,25,29). The van der Waals surface area contributed by atoms with Gasteiger partial charge in [-0.05, 0) is 47.9 Å². The van der Waals surface area contributed by atoms with E-state index in [2.05, 4.69) is 15.5 Å². The SMILES string of the molecule is CN1CCc2cc(C(O)CNC(=O)C(=O)Nc3ccc(C(F)(F)F)cc3)ccc21. The number of alkyl halides is 3. The Kier molecular flexibility index (Phi) is 5.78. The molecule has 0 bridgehead atoms. The second-order valence-corrected chi connectivity index (χ2v) is 6.81. The predicted octanol–water partition coefficient (Wildman–Crippen LogP) is 2.49. The molecule has 9 heteroatoms. The van der Waals surface area contributed by atoms with Crippen LogP contribution in [0.3, 0.4) is 0 Å². The van der Waals surface area contributed by atoms with E-state index >= 15 is 0 Å². The van der Waals surface area contributed by atoms with Crippen LogP contribution in [0.15, 0.2) is 42.5 Å². The highest BCUT2D eigenvalue weighted by Gasteiger charge is 2.30. The largest absolute Gasteiger partial charge is 0.416 e. The first-order chi connectivity index (χ1) is 13.6. The van der Waals surface area contributed by atoms with Gasteiger partial charge in [-0.15, -0.1) is 0 Å². The summed E-state index contributed by atoms with van der Waals surface area (Å²) in [5.74, 6) is -2.03. The van der Waals surface area contributed by atoms with Crippen LogP contribution in [0.1, 0.15) is 22.8 Å². The molecule has 6 nitrogen and oxygen atoms in total. The van der Waals surface area contributed by atoms with Crippen LogP contribution in [0.2, 0.25) is 0 Å². The van der Waals surface area contributed by atoms with E-state index in [-0.39, 0.29) is 12.2 Å². The summed E-state index contributed by atoms with van der Waals surface area (Å²) in [5, 5.41) is 14.8. The Morgan fingerprint density at radius 1 is 1.14 bits per heavy atom. The quantitative estimate of drug-likeness (QED) is 0.681. The predicted molar refractivity (Wildman–Crippen MR) is 101 cm³/mol. The molecule has 1 heterocycles. The monoisotopic (exact) mass is 407 g/mol. The maximum absolute atomic E-state index is 12.5. The Hall–Kier alpha value is -3.07. The van der Waals surface area contributed by atoms with Crippen LogP contribution in [0.4, 0.5) is 24.5 Å². The zero-order valence-electron chi connectivity index (χ0n) is 15.6. The Labute approximate surface area is 165 Å². The molecular formula is C20H20F3N3O3. The number of anilines is 2. The first-order valence-electron chi connectivity index (χ1n) is 8.93. The Bertz CT molecular complexity index is 913. The van der Waals surface area contributed by atoms with Crippen molar-refractivity contribution in [1.29, 1.82) is 0 Å². The number of hydrogen-bond acceptors (Lipinski definition) is 4. The molecule has 0 saturated carbocycles. The summed E-state index contributed by atoms with van der Waals surface area (Å²) in [6, 6.07) is 9.28. The second kappa shape index (κ2) is 8.12. The molecule has 2 aromatic rings. The molecule has 3 N–H and O–H groups in total. The van der Waals surface area contributed by atoms with Gasteiger partial charge in [0.05, 0.1) is 11.7 Å². The molecule has 1 atom stereocenters. The molecule has 29 heavy (non-hydrogen) atoms. The topological polar surface area (TPSA) is 81.7 Å². The lowest BCUT2D eigenvalue weighted by Crippen LogP contribution is -2.37.